The van der Waals surface area contributed by atoms with Crippen LogP contribution in [0.4, 0.5) is 0 Å². The van der Waals surface area contributed by atoms with Crippen molar-refractivity contribution in [3.05, 3.63) is 35.4 Å². The summed E-state index contributed by atoms with van der Waals surface area (Å²) < 4.78 is 0. The molecule has 0 bridgehead atoms. The summed E-state index contributed by atoms with van der Waals surface area (Å²) in [5, 5.41) is 17.0. The van der Waals surface area contributed by atoms with Gasteiger partial charge in [-0.25, -0.2) is 0 Å². The van der Waals surface area contributed by atoms with Crippen molar-refractivity contribution < 1.29 is 5.11 Å². The van der Waals surface area contributed by atoms with Crippen LogP contribution in [0.1, 0.15) is 17.5 Å². The third-order valence-corrected chi connectivity index (χ3v) is 1.75. The van der Waals surface area contributed by atoms with Gasteiger partial charge in [-0.15, -0.1) is 0 Å². The van der Waals surface area contributed by atoms with Crippen molar-refractivity contribution in [3.8, 4) is 17.9 Å². The monoisotopic (exact) mass is 185 g/mol. The van der Waals surface area contributed by atoms with Crippen molar-refractivity contribution in [1.82, 2.24) is 0 Å². The maximum absolute atomic E-state index is 8.70. The van der Waals surface area contributed by atoms with Crippen LogP contribution in [-0.2, 0) is 6.42 Å². The zero-order valence-corrected chi connectivity index (χ0v) is 7.83. The molecule has 0 amide bonds. The van der Waals surface area contributed by atoms with Crippen molar-refractivity contribution in [3.63, 3.8) is 0 Å². The van der Waals surface area contributed by atoms with Crippen LogP contribution in [0.15, 0.2) is 24.3 Å². The molecule has 1 N–H and O–H groups in total. The molecule has 0 saturated carbocycles. The Balaban J connectivity index is 2.66. The first-order valence-corrected chi connectivity index (χ1v) is 4.42. The van der Waals surface area contributed by atoms with E-state index in [0.717, 1.165) is 11.1 Å². The molecule has 0 aliphatic heterocycles. The second kappa shape index (κ2) is 5.80. The topological polar surface area (TPSA) is 44.0 Å². The van der Waals surface area contributed by atoms with Gasteiger partial charge in [0.2, 0.25) is 0 Å². The summed E-state index contributed by atoms with van der Waals surface area (Å²) in [5.41, 5.74) is 2.00. The number of aliphatic hydroxyl groups excluding tert-OH is 1. The zero-order valence-electron chi connectivity index (χ0n) is 7.83. The highest BCUT2D eigenvalue weighted by molar-refractivity contribution is 5.36. The SMILES string of the molecule is N#CCC#Cc1ccc(CCO)cc1. The largest absolute Gasteiger partial charge is 0.396 e. The van der Waals surface area contributed by atoms with E-state index in [1.54, 1.807) is 0 Å². The predicted molar refractivity (Wildman–Crippen MR) is 54.3 cm³/mol. The molecule has 0 aromatic heterocycles. The summed E-state index contributed by atoms with van der Waals surface area (Å²) in [7, 11) is 0. The molecule has 2 heteroatoms. The average Bonchev–Trinajstić information content (AvgIpc) is 2.21. The Labute approximate surface area is 83.8 Å². The van der Waals surface area contributed by atoms with E-state index in [1.807, 2.05) is 30.3 Å². The summed E-state index contributed by atoms with van der Waals surface area (Å²) in [6.45, 7) is 0.166. The van der Waals surface area contributed by atoms with E-state index in [9.17, 15) is 0 Å². The molecule has 1 aromatic carbocycles. The van der Waals surface area contributed by atoms with Crippen LogP contribution < -0.4 is 0 Å². The van der Waals surface area contributed by atoms with Gasteiger partial charge in [0, 0.05) is 12.2 Å². The molecule has 0 radical (unpaired) electrons. The van der Waals surface area contributed by atoms with Gasteiger partial charge >= 0.3 is 0 Å². The summed E-state index contributed by atoms with van der Waals surface area (Å²) in [4.78, 5) is 0. The normalized spacial score (nSPS) is 8.57. The Morgan fingerprint density at radius 1 is 1.21 bits per heavy atom. The minimum absolute atomic E-state index is 0.166. The molecule has 0 aliphatic rings. The molecule has 70 valence electrons. The van der Waals surface area contributed by atoms with E-state index in [-0.39, 0.29) is 13.0 Å². The highest BCUT2D eigenvalue weighted by Crippen LogP contribution is 2.03. The van der Waals surface area contributed by atoms with Gasteiger partial charge in [-0.3, -0.25) is 0 Å². The lowest BCUT2D eigenvalue weighted by atomic mass is 10.1. The zero-order chi connectivity index (χ0) is 10.2. The molecule has 0 aliphatic carbocycles. The van der Waals surface area contributed by atoms with E-state index < -0.39 is 0 Å². The van der Waals surface area contributed by atoms with E-state index in [4.69, 9.17) is 10.4 Å². The smallest absolute Gasteiger partial charge is 0.0966 e. The molecule has 1 rings (SSSR count). The number of nitrogens with zero attached hydrogens (tertiary/aromatic N) is 1. The first-order chi connectivity index (χ1) is 6.86. The molecule has 1 aromatic rings. The van der Waals surface area contributed by atoms with Crippen LogP contribution in [0, 0.1) is 23.2 Å². The highest BCUT2D eigenvalue weighted by atomic mass is 16.2. The van der Waals surface area contributed by atoms with Crippen molar-refractivity contribution in [2.45, 2.75) is 12.8 Å². The average molecular weight is 185 g/mol. The minimum atomic E-state index is 0.166. The fourth-order valence-corrected chi connectivity index (χ4v) is 1.07. The molecule has 0 fully saturated rings. The molecule has 2 nitrogen and oxygen atoms in total. The van der Waals surface area contributed by atoms with Gasteiger partial charge in [-0.2, -0.15) is 5.26 Å². The maximum atomic E-state index is 8.70. The summed E-state index contributed by atoms with van der Waals surface area (Å²) in [5.74, 6) is 5.62. The van der Waals surface area contributed by atoms with Crippen molar-refractivity contribution in [1.29, 1.82) is 5.26 Å². The number of hydrogen-bond donors (Lipinski definition) is 1. The van der Waals surface area contributed by atoms with Crippen LogP contribution >= 0.6 is 0 Å². The summed E-state index contributed by atoms with van der Waals surface area (Å²) >= 11 is 0. The minimum Gasteiger partial charge on any atom is -0.396 e. The molecule has 0 unspecified atom stereocenters. The predicted octanol–water partition coefficient (Wildman–Crippen LogP) is 1.49. The molecule has 0 saturated heterocycles. The second-order valence-corrected chi connectivity index (χ2v) is 2.81. The van der Waals surface area contributed by atoms with E-state index in [0.29, 0.717) is 6.42 Å². The van der Waals surface area contributed by atoms with E-state index in [1.165, 1.54) is 0 Å². The van der Waals surface area contributed by atoms with Gasteiger partial charge in [-0.1, -0.05) is 24.0 Å². The number of nitriles is 1. The van der Waals surface area contributed by atoms with Crippen LogP contribution in [0.3, 0.4) is 0 Å². The van der Waals surface area contributed by atoms with Gasteiger partial charge in [0.1, 0.15) is 0 Å². The van der Waals surface area contributed by atoms with Crippen LogP contribution in [0.5, 0.6) is 0 Å². The second-order valence-electron chi connectivity index (χ2n) is 2.81. The first-order valence-electron chi connectivity index (χ1n) is 4.42. The molecule has 14 heavy (non-hydrogen) atoms. The van der Waals surface area contributed by atoms with Crippen molar-refractivity contribution >= 4 is 0 Å². The molecule has 0 atom stereocenters. The standard InChI is InChI=1S/C12H11NO/c13-9-2-1-3-11-4-6-12(7-5-11)8-10-14/h4-7,14H,2,8,10H2. The van der Waals surface area contributed by atoms with Gasteiger partial charge in [0.15, 0.2) is 0 Å². The number of aliphatic hydroxyl groups is 1. The number of hydrogen-bond acceptors (Lipinski definition) is 2. The van der Waals surface area contributed by atoms with Gasteiger partial charge in [0.25, 0.3) is 0 Å². The third-order valence-electron chi connectivity index (χ3n) is 1.75. The quantitative estimate of drug-likeness (QED) is 0.709. The fourth-order valence-electron chi connectivity index (χ4n) is 1.07. The van der Waals surface area contributed by atoms with Crippen LogP contribution in [0.2, 0.25) is 0 Å². The van der Waals surface area contributed by atoms with Crippen LogP contribution in [0.25, 0.3) is 0 Å². The Morgan fingerprint density at radius 3 is 2.50 bits per heavy atom. The van der Waals surface area contributed by atoms with Crippen LogP contribution in [-0.4, -0.2) is 11.7 Å². The Bertz CT molecular complexity index is 376. The molecule has 0 spiro atoms. The van der Waals surface area contributed by atoms with Crippen molar-refractivity contribution in [2.75, 3.05) is 6.61 Å². The first kappa shape index (κ1) is 10.3. The fraction of sp³-hybridized carbons (Fsp3) is 0.250. The lowest BCUT2D eigenvalue weighted by Crippen LogP contribution is -1.89. The van der Waals surface area contributed by atoms with E-state index in [2.05, 4.69) is 11.8 Å². The molecular formula is C12H11NO. The Hall–Kier alpha value is -1.77. The van der Waals surface area contributed by atoms with Gasteiger partial charge in [0.05, 0.1) is 12.5 Å². The highest BCUT2D eigenvalue weighted by Gasteiger charge is 1.90. The van der Waals surface area contributed by atoms with Gasteiger partial charge in [-0.05, 0) is 24.1 Å². The number of benzene rings is 1. The van der Waals surface area contributed by atoms with E-state index >= 15 is 0 Å². The Morgan fingerprint density at radius 2 is 1.93 bits per heavy atom. The summed E-state index contributed by atoms with van der Waals surface area (Å²) in [6, 6.07) is 9.63. The third kappa shape index (κ3) is 3.31. The van der Waals surface area contributed by atoms with Gasteiger partial charge < -0.3 is 5.11 Å². The maximum Gasteiger partial charge on any atom is 0.0966 e. The molecule has 0 heterocycles. The van der Waals surface area contributed by atoms with Crippen molar-refractivity contribution in [2.24, 2.45) is 0 Å². The summed E-state index contributed by atoms with van der Waals surface area (Å²) in [6.07, 6.45) is 0.935. The Kier molecular flexibility index (Phi) is 4.27. The number of rotatable bonds is 2. The lowest BCUT2D eigenvalue weighted by molar-refractivity contribution is 0.299. The lowest BCUT2D eigenvalue weighted by Gasteiger charge is -1.96. The molecular weight excluding hydrogens is 174 g/mol.